The number of methoxy groups -OCH3 is 1. The largest absolute Gasteiger partial charge is 0.493 e. The highest BCUT2D eigenvalue weighted by Crippen LogP contribution is 2.47. The fraction of sp³-hybridized carbons (Fsp3) is 0.478. The normalized spacial score (nSPS) is 21.0. The minimum absolute atomic E-state index is 0.0898. The van der Waals surface area contributed by atoms with Gasteiger partial charge < -0.3 is 14.8 Å². The number of hydrogen-bond acceptors (Lipinski definition) is 5. The van der Waals surface area contributed by atoms with Crippen molar-refractivity contribution < 1.29 is 14.3 Å². The Hall–Kier alpha value is -2.74. The summed E-state index contributed by atoms with van der Waals surface area (Å²) in [6.45, 7) is 8.76. The zero-order chi connectivity index (χ0) is 20.5. The molecule has 0 saturated carbocycles. The summed E-state index contributed by atoms with van der Waals surface area (Å²) in [4.78, 5) is 13.1. The van der Waals surface area contributed by atoms with E-state index >= 15 is 0 Å². The van der Waals surface area contributed by atoms with Gasteiger partial charge in [0.15, 0.2) is 17.3 Å². The molecule has 1 aliphatic heterocycles. The van der Waals surface area contributed by atoms with Crippen molar-refractivity contribution in [3.63, 3.8) is 0 Å². The van der Waals surface area contributed by atoms with Crippen molar-refractivity contribution in [1.82, 2.24) is 5.32 Å². The Balaban J connectivity index is 2.11. The Morgan fingerprint density at radius 3 is 2.68 bits per heavy atom. The number of nitriles is 1. The van der Waals surface area contributed by atoms with Gasteiger partial charge in [0.2, 0.25) is 0 Å². The van der Waals surface area contributed by atoms with Crippen LogP contribution < -0.4 is 14.8 Å². The van der Waals surface area contributed by atoms with E-state index in [-0.39, 0.29) is 17.1 Å². The summed E-state index contributed by atoms with van der Waals surface area (Å²) in [7, 11) is 1.60. The second kappa shape index (κ2) is 7.71. The molecule has 0 spiro atoms. The van der Waals surface area contributed by atoms with Crippen molar-refractivity contribution in [2.45, 2.75) is 52.9 Å². The average molecular weight is 380 g/mol. The number of allylic oxidation sites excluding steroid dienone is 4. The van der Waals surface area contributed by atoms with E-state index in [2.05, 4.69) is 25.2 Å². The van der Waals surface area contributed by atoms with Crippen LogP contribution in [0.4, 0.5) is 0 Å². The molecule has 0 saturated heterocycles. The smallest absolute Gasteiger partial charge is 0.162 e. The molecule has 1 atom stereocenters. The van der Waals surface area contributed by atoms with Gasteiger partial charge in [0.05, 0.1) is 31.3 Å². The molecule has 148 valence electrons. The maximum absolute atomic E-state index is 13.1. The van der Waals surface area contributed by atoms with Crippen molar-refractivity contribution in [3.8, 4) is 17.6 Å². The Kier molecular flexibility index (Phi) is 5.51. The van der Waals surface area contributed by atoms with E-state index in [0.29, 0.717) is 35.7 Å². The maximum Gasteiger partial charge on any atom is 0.162 e. The number of carbonyl (C=O) groups excluding carboxylic acids is 1. The van der Waals surface area contributed by atoms with Crippen LogP contribution in [-0.2, 0) is 4.79 Å². The van der Waals surface area contributed by atoms with Gasteiger partial charge in [-0.1, -0.05) is 26.8 Å². The monoisotopic (exact) mass is 380 g/mol. The summed E-state index contributed by atoms with van der Waals surface area (Å²) < 4.78 is 11.3. The minimum atomic E-state index is -0.376. The number of benzene rings is 1. The molecule has 5 heteroatoms. The number of rotatable bonds is 5. The van der Waals surface area contributed by atoms with Crippen LogP contribution in [0.25, 0.3) is 0 Å². The number of ether oxygens (including phenoxy) is 2. The molecule has 0 fully saturated rings. The van der Waals surface area contributed by atoms with Gasteiger partial charge in [-0.2, -0.15) is 5.26 Å². The van der Waals surface area contributed by atoms with E-state index in [1.807, 2.05) is 32.0 Å². The fourth-order valence-electron chi connectivity index (χ4n) is 4.11. The van der Waals surface area contributed by atoms with Gasteiger partial charge in [0, 0.05) is 23.4 Å². The van der Waals surface area contributed by atoms with Crippen LogP contribution in [0, 0.1) is 16.7 Å². The number of ketones is 1. The van der Waals surface area contributed by atoms with Crippen molar-refractivity contribution in [2.75, 3.05) is 13.7 Å². The van der Waals surface area contributed by atoms with E-state index in [9.17, 15) is 10.1 Å². The van der Waals surface area contributed by atoms with Gasteiger partial charge in [-0.05, 0) is 42.9 Å². The van der Waals surface area contributed by atoms with Gasteiger partial charge in [-0.25, -0.2) is 0 Å². The molecule has 0 radical (unpaired) electrons. The van der Waals surface area contributed by atoms with Gasteiger partial charge in [-0.15, -0.1) is 0 Å². The fourth-order valence-corrected chi connectivity index (χ4v) is 4.11. The SMILES string of the molecule is CCCOc1ccc(C2C(C#N)=C(C)NC3=C2C(=O)CC(C)(C)C3)cc1OC. The first-order valence-electron chi connectivity index (χ1n) is 9.76. The quantitative estimate of drug-likeness (QED) is 0.807. The number of hydrogen-bond donors (Lipinski definition) is 1. The highest BCUT2D eigenvalue weighted by Gasteiger charge is 2.41. The second-order valence-electron chi connectivity index (χ2n) is 8.30. The third kappa shape index (κ3) is 3.64. The summed E-state index contributed by atoms with van der Waals surface area (Å²) in [6.07, 6.45) is 2.17. The Labute approximate surface area is 167 Å². The Morgan fingerprint density at radius 2 is 2.04 bits per heavy atom. The van der Waals surface area contributed by atoms with Gasteiger partial charge in [0.25, 0.3) is 0 Å². The molecule has 0 amide bonds. The highest BCUT2D eigenvalue weighted by molar-refractivity contribution is 6.00. The van der Waals surface area contributed by atoms with Crippen molar-refractivity contribution >= 4 is 5.78 Å². The molecule has 1 aromatic rings. The number of nitrogens with one attached hydrogen (secondary N) is 1. The lowest BCUT2D eigenvalue weighted by Gasteiger charge is -2.38. The third-order valence-electron chi connectivity index (χ3n) is 5.34. The molecule has 0 bridgehead atoms. The Bertz CT molecular complexity index is 903. The molecular formula is C23H28N2O3. The summed E-state index contributed by atoms with van der Waals surface area (Å²) in [5.41, 5.74) is 3.82. The zero-order valence-corrected chi connectivity index (χ0v) is 17.3. The molecule has 1 N–H and O–H groups in total. The summed E-state index contributed by atoms with van der Waals surface area (Å²) in [5.74, 6) is 1.02. The maximum atomic E-state index is 13.1. The molecule has 0 aromatic heterocycles. The number of Topliss-reactive ketones (excluding diaryl/α,β-unsaturated/α-hetero) is 1. The van der Waals surface area contributed by atoms with E-state index < -0.39 is 0 Å². The Morgan fingerprint density at radius 1 is 1.29 bits per heavy atom. The summed E-state index contributed by atoms with van der Waals surface area (Å²) in [5, 5.41) is 13.2. The zero-order valence-electron chi connectivity index (χ0n) is 17.3. The first kappa shape index (κ1) is 20.0. The first-order valence-corrected chi connectivity index (χ1v) is 9.76. The molecule has 1 heterocycles. The third-order valence-corrected chi connectivity index (χ3v) is 5.34. The first-order chi connectivity index (χ1) is 13.3. The molecule has 28 heavy (non-hydrogen) atoms. The van der Waals surface area contributed by atoms with Crippen LogP contribution in [0.5, 0.6) is 11.5 Å². The molecule has 3 rings (SSSR count). The summed E-state index contributed by atoms with van der Waals surface area (Å²) >= 11 is 0. The van der Waals surface area contributed by atoms with Crippen LogP contribution in [0.1, 0.15) is 58.4 Å². The molecule has 1 aliphatic carbocycles. The molecule has 1 aromatic carbocycles. The van der Waals surface area contributed by atoms with Crippen molar-refractivity contribution in [2.24, 2.45) is 5.41 Å². The van der Waals surface area contributed by atoms with Crippen LogP contribution in [0.15, 0.2) is 40.7 Å². The van der Waals surface area contributed by atoms with Gasteiger partial charge >= 0.3 is 0 Å². The standard InChI is InChI=1S/C23H28N2O3/c1-6-9-28-19-8-7-15(10-20(19)27-5)21-16(13-24)14(2)25-17-11-23(3,4)12-18(26)22(17)21/h7-8,10,21,25H,6,9,11-12H2,1-5H3. The van der Waals surface area contributed by atoms with Crippen LogP contribution in [0.3, 0.4) is 0 Å². The van der Waals surface area contributed by atoms with E-state index in [1.165, 1.54) is 0 Å². The number of carbonyl (C=O) groups is 1. The predicted molar refractivity (Wildman–Crippen MR) is 108 cm³/mol. The topological polar surface area (TPSA) is 71.3 Å². The van der Waals surface area contributed by atoms with Crippen LogP contribution in [0.2, 0.25) is 0 Å². The molecule has 5 nitrogen and oxygen atoms in total. The lowest BCUT2D eigenvalue weighted by atomic mass is 9.69. The van der Waals surface area contributed by atoms with Gasteiger partial charge in [-0.3, -0.25) is 4.79 Å². The van der Waals surface area contributed by atoms with Crippen LogP contribution in [-0.4, -0.2) is 19.5 Å². The van der Waals surface area contributed by atoms with Crippen molar-refractivity contribution in [3.05, 3.63) is 46.3 Å². The molecule has 2 aliphatic rings. The van der Waals surface area contributed by atoms with Crippen molar-refractivity contribution in [1.29, 1.82) is 5.26 Å². The average Bonchev–Trinajstić information content (AvgIpc) is 2.64. The number of nitrogens with zero attached hydrogens (tertiary/aromatic N) is 1. The lowest BCUT2D eigenvalue weighted by molar-refractivity contribution is -0.118. The van der Waals surface area contributed by atoms with Crippen LogP contribution >= 0.6 is 0 Å². The second-order valence-corrected chi connectivity index (χ2v) is 8.30. The van der Waals surface area contributed by atoms with Gasteiger partial charge in [0.1, 0.15) is 0 Å². The molecular weight excluding hydrogens is 352 g/mol. The molecule has 1 unspecified atom stereocenters. The summed E-state index contributed by atoms with van der Waals surface area (Å²) in [6, 6.07) is 8.02. The number of dihydropyridines is 1. The lowest BCUT2D eigenvalue weighted by Crippen LogP contribution is -2.36. The van der Waals surface area contributed by atoms with E-state index in [1.54, 1.807) is 7.11 Å². The predicted octanol–water partition coefficient (Wildman–Crippen LogP) is 4.61. The highest BCUT2D eigenvalue weighted by atomic mass is 16.5. The minimum Gasteiger partial charge on any atom is -0.493 e. The van der Waals surface area contributed by atoms with E-state index in [0.717, 1.165) is 29.8 Å². The van der Waals surface area contributed by atoms with E-state index in [4.69, 9.17) is 9.47 Å².